The molecule has 0 aromatic carbocycles. The molecule has 0 aliphatic carbocycles. The van der Waals surface area contributed by atoms with Gasteiger partial charge in [-0.3, -0.25) is 4.79 Å². The Balaban J connectivity index is 1.92. The molecule has 1 aromatic heterocycles. The van der Waals surface area contributed by atoms with Crippen molar-refractivity contribution in [3.05, 3.63) is 11.9 Å². The Bertz CT molecular complexity index is 464. The van der Waals surface area contributed by atoms with Gasteiger partial charge in [-0.05, 0) is 38.8 Å². The van der Waals surface area contributed by atoms with Crippen molar-refractivity contribution in [3.63, 3.8) is 0 Å². The van der Waals surface area contributed by atoms with Gasteiger partial charge in [0.15, 0.2) is 5.69 Å². The number of hydrogen-bond acceptors (Lipinski definition) is 5. The van der Waals surface area contributed by atoms with E-state index >= 15 is 0 Å². The van der Waals surface area contributed by atoms with Crippen LogP contribution in [0.3, 0.4) is 0 Å². The van der Waals surface area contributed by atoms with Gasteiger partial charge in [0.25, 0.3) is 5.91 Å². The lowest BCUT2D eigenvalue weighted by Gasteiger charge is -2.25. The molecule has 0 radical (unpaired) electrons. The van der Waals surface area contributed by atoms with Crippen molar-refractivity contribution in [3.8, 4) is 0 Å². The summed E-state index contributed by atoms with van der Waals surface area (Å²) in [6.07, 6.45) is 4.89. The number of nitrogens with zero attached hydrogens (tertiary/aromatic N) is 3. The van der Waals surface area contributed by atoms with Crippen LogP contribution in [-0.4, -0.2) is 51.2 Å². The molecule has 1 aliphatic rings. The summed E-state index contributed by atoms with van der Waals surface area (Å²) in [5.74, 6) is -0.282. The van der Waals surface area contributed by atoms with E-state index in [4.69, 9.17) is 0 Å². The number of carbonyl (C=O) groups is 1. The maximum Gasteiger partial charge on any atom is 0.273 e. The Labute approximate surface area is 125 Å². The summed E-state index contributed by atoms with van der Waals surface area (Å²) in [5, 5.41) is 24.2. The topological polar surface area (TPSA) is 92.1 Å². The molecule has 1 aliphatic heterocycles. The van der Waals surface area contributed by atoms with Crippen molar-refractivity contribution in [2.45, 2.75) is 51.2 Å². The van der Waals surface area contributed by atoms with Crippen molar-refractivity contribution in [2.24, 2.45) is 0 Å². The Kier molecular flexibility index (Phi) is 5.30. The molecule has 21 heavy (non-hydrogen) atoms. The molecule has 0 bridgehead atoms. The van der Waals surface area contributed by atoms with Crippen molar-refractivity contribution in [1.82, 2.24) is 25.6 Å². The summed E-state index contributed by atoms with van der Waals surface area (Å²) < 4.78 is 1.78. The van der Waals surface area contributed by atoms with Crippen LogP contribution < -0.4 is 10.6 Å². The minimum absolute atomic E-state index is 0.235. The lowest BCUT2D eigenvalue weighted by atomic mass is 9.97. The Morgan fingerprint density at radius 1 is 1.48 bits per heavy atom. The fourth-order valence-corrected chi connectivity index (χ4v) is 2.47. The van der Waals surface area contributed by atoms with Crippen LogP contribution in [0.2, 0.25) is 0 Å². The third-order valence-electron chi connectivity index (χ3n) is 4.32. The first-order valence-corrected chi connectivity index (χ1v) is 7.71. The third-order valence-corrected chi connectivity index (χ3v) is 4.32. The van der Waals surface area contributed by atoms with Gasteiger partial charge in [-0.1, -0.05) is 19.1 Å². The first-order chi connectivity index (χ1) is 10.1. The second-order valence-corrected chi connectivity index (χ2v) is 5.68. The van der Waals surface area contributed by atoms with Gasteiger partial charge >= 0.3 is 0 Å². The molecular weight excluding hydrogens is 270 g/mol. The normalized spacial score (nSPS) is 16.9. The van der Waals surface area contributed by atoms with Crippen molar-refractivity contribution in [1.29, 1.82) is 0 Å². The molecule has 1 amide bonds. The van der Waals surface area contributed by atoms with E-state index in [2.05, 4.69) is 20.9 Å². The van der Waals surface area contributed by atoms with Crippen LogP contribution in [0.1, 0.15) is 56.1 Å². The molecule has 118 valence electrons. The van der Waals surface area contributed by atoms with Gasteiger partial charge < -0.3 is 15.7 Å². The molecule has 0 spiro atoms. The molecular formula is C14H25N5O2. The number of amides is 1. The van der Waals surface area contributed by atoms with E-state index in [1.807, 2.05) is 13.8 Å². The molecule has 1 saturated heterocycles. The van der Waals surface area contributed by atoms with Crippen LogP contribution in [-0.2, 0) is 0 Å². The van der Waals surface area contributed by atoms with Gasteiger partial charge in [-0.15, -0.1) is 5.10 Å². The predicted octanol–water partition coefficient (Wildman–Crippen LogP) is 0.484. The van der Waals surface area contributed by atoms with E-state index in [-0.39, 0.29) is 12.5 Å². The average Bonchev–Trinajstić information content (AvgIpc) is 3.03. The van der Waals surface area contributed by atoms with Crippen LogP contribution in [0, 0.1) is 0 Å². The number of nitrogens with one attached hydrogen (secondary N) is 2. The quantitative estimate of drug-likeness (QED) is 0.710. The summed E-state index contributed by atoms with van der Waals surface area (Å²) >= 11 is 0. The molecule has 2 heterocycles. The summed E-state index contributed by atoms with van der Waals surface area (Å²) in [6.45, 7) is 5.98. The Morgan fingerprint density at radius 3 is 2.76 bits per heavy atom. The zero-order valence-electron chi connectivity index (χ0n) is 12.8. The van der Waals surface area contributed by atoms with Gasteiger partial charge in [0, 0.05) is 6.54 Å². The van der Waals surface area contributed by atoms with Crippen LogP contribution in [0.15, 0.2) is 6.20 Å². The first-order valence-electron chi connectivity index (χ1n) is 7.71. The van der Waals surface area contributed by atoms with E-state index < -0.39 is 5.60 Å². The highest BCUT2D eigenvalue weighted by atomic mass is 16.3. The number of rotatable bonds is 6. The third kappa shape index (κ3) is 4.01. The first kappa shape index (κ1) is 15.9. The van der Waals surface area contributed by atoms with E-state index in [1.165, 1.54) is 0 Å². The van der Waals surface area contributed by atoms with E-state index in [9.17, 15) is 9.90 Å². The molecule has 7 heteroatoms. The largest absolute Gasteiger partial charge is 0.388 e. The Morgan fingerprint density at radius 2 is 2.14 bits per heavy atom. The monoisotopic (exact) mass is 295 g/mol. The maximum atomic E-state index is 12.1. The van der Waals surface area contributed by atoms with Crippen LogP contribution in [0.5, 0.6) is 0 Å². The highest BCUT2D eigenvalue weighted by molar-refractivity contribution is 5.91. The van der Waals surface area contributed by atoms with E-state index in [0.717, 1.165) is 25.9 Å². The molecule has 0 atom stereocenters. The highest BCUT2D eigenvalue weighted by Crippen LogP contribution is 2.17. The molecule has 7 nitrogen and oxygen atoms in total. The molecule has 3 N–H and O–H groups in total. The van der Waals surface area contributed by atoms with Crippen molar-refractivity contribution < 1.29 is 9.90 Å². The zero-order valence-corrected chi connectivity index (χ0v) is 12.8. The fourth-order valence-electron chi connectivity index (χ4n) is 2.47. The second-order valence-electron chi connectivity index (χ2n) is 5.68. The summed E-state index contributed by atoms with van der Waals surface area (Å²) in [5.41, 5.74) is -0.538. The average molecular weight is 295 g/mol. The molecule has 2 rings (SSSR count). The van der Waals surface area contributed by atoms with Gasteiger partial charge in [0.2, 0.25) is 0 Å². The lowest BCUT2D eigenvalue weighted by Crippen LogP contribution is -2.42. The van der Waals surface area contributed by atoms with Gasteiger partial charge in [-0.25, -0.2) is 4.68 Å². The number of aromatic nitrogens is 3. The highest BCUT2D eigenvalue weighted by Gasteiger charge is 2.24. The van der Waals surface area contributed by atoms with Crippen molar-refractivity contribution in [2.75, 3.05) is 19.6 Å². The second kappa shape index (κ2) is 7.00. The SMILES string of the molecule is CCC(O)(CC)CNC(=O)c1cn(C2CCNCC2)nn1. The van der Waals surface area contributed by atoms with E-state index in [1.54, 1.807) is 10.9 Å². The van der Waals surface area contributed by atoms with Crippen LogP contribution in [0.25, 0.3) is 0 Å². The van der Waals surface area contributed by atoms with E-state index in [0.29, 0.717) is 24.6 Å². The number of hydrogen-bond donors (Lipinski definition) is 3. The van der Waals surface area contributed by atoms with Gasteiger partial charge in [0.1, 0.15) is 0 Å². The summed E-state index contributed by atoms with van der Waals surface area (Å²) in [6, 6.07) is 0.309. The molecule has 1 aromatic rings. The number of piperidine rings is 1. The van der Waals surface area contributed by atoms with Crippen LogP contribution >= 0.6 is 0 Å². The zero-order chi connectivity index (χ0) is 15.3. The van der Waals surface area contributed by atoms with Gasteiger partial charge in [-0.2, -0.15) is 0 Å². The van der Waals surface area contributed by atoms with Gasteiger partial charge in [0.05, 0.1) is 17.8 Å². The molecule has 0 unspecified atom stereocenters. The minimum atomic E-state index is -0.847. The van der Waals surface area contributed by atoms with Crippen molar-refractivity contribution >= 4 is 5.91 Å². The molecule has 0 saturated carbocycles. The lowest BCUT2D eigenvalue weighted by molar-refractivity contribution is 0.0313. The number of aliphatic hydroxyl groups is 1. The summed E-state index contributed by atoms with van der Waals surface area (Å²) in [4.78, 5) is 12.1. The predicted molar refractivity (Wildman–Crippen MR) is 79.0 cm³/mol. The smallest absolute Gasteiger partial charge is 0.273 e. The summed E-state index contributed by atoms with van der Waals surface area (Å²) in [7, 11) is 0. The standard InChI is InChI=1S/C14H25N5O2/c1-3-14(21,4-2)10-16-13(20)12-9-19(18-17-12)11-5-7-15-8-6-11/h9,11,15,21H,3-8,10H2,1-2H3,(H,16,20). The number of carbonyl (C=O) groups excluding carboxylic acids is 1. The minimum Gasteiger partial charge on any atom is -0.388 e. The van der Waals surface area contributed by atoms with Crippen LogP contribution in [0.4, 0.5) is 0 Å². The Hall–Kier alpha value is -1.47. The molecule has 1 fully saturated rings. The maximum absolute atomic E-state index is 12.1. The fraction of sp³-hybridized carbons (Fsp3) is 0.786.